The predicted molar refractivity (Wildman–Crippen MR) is 82.2 cm³/mol. The fourth-order valence-corrected chi connectivity index (χ4v) is 3.38. The summed E-state index contributed by atoms with van der Waals surface area (Å²) in [5.74, 6) is 1.35. The van der Waals surface area contributed by atoms with Crippen LogP contribution in [0.1, 0.15) is 37.7 Å². The lowest BCUT2D eigenvalue weighted by Gasteiger charge is -2.32. The van der Waals surface area contributed by atoms with Gasteiger partial charge in [0.2, 0.25) is 0 Å². The molecule has 2 aliphatic rings. The summed E-state index contributed by atoms with van der Waals surface area (Å²) in [5.41, 5.74) is 0.499. The summed E-state index contributed by atoms with van der Waals surface area (Å²) in [7, 11) is 0. The Morgan fingerprint density at radius 1 is 1.14 bits per heavy atom. The Labute approximate surface area is 130 Å². The van der Waals surface area contributed by atoms with Crippen molar-refractivity contribution < 1.29 is 14.6 Å². The Balaban J connectivity index is 1.59. The maximum atomic E-state index is 10.5. The largest absolute Gasteiger partial charge is 0.486 e. The van der Waals surface area contributed by atoms with Gasteiger partial charge in [-0.15, -0.1) is 0 Å². The molecule has 0 atom stereocenters. The number of nitrogens with one attached hydrogen (secondary N) is 1. The zero-order valence-electron chi connectivity index (χ0n) is 12.2. The van der Waals surface area contributed by atoms with Gasteiger partial charge < -0.3 is 19.9 Å². The van der Waals surface area contributed by atoms with E-state index in [1.165, 1.54) is 6.42 Å². The maximum absolute atomic E-state index is 10.5. The van der Waals surface area contributed by atoms with Gasteiger partial charge in [0, 0.05) is 13.1 Å². The van der Waals surface area contributed by atoms with Gasteiger partial charge in [0.15, 0.2) is 11.5 Å². The first-order chi connectivity index (χ1) is 10.2. The minimum Gasteiger partial charge on any atom is -0.486 e. The van der Waals surface area contributed by atoms with Crippen LogP contribution in [0.15, 0.2) is 12.1 Å². The van der Waals surface area contributed by atoms with Crippen LogP contribution in [0.2, 0.25) is 5.02 Å². The summed E-state index contributed by atoms with van der Waals surface area (Å²) in [5, 5.41) is 14.4. The minimum absolute atomic E-state index is 0.539. The predicted octanol–water partition coefficient (Wildman–Crippen LogP) is 2.90. The van der Waals surface area contributed by atoms with E-state index in [0.717, 1.165) is 31.2 Å². The summed E-state index contributed by atoms with van der Waals surface area (Å²) in [4.78, 5) is 0. The first-order valence-electron chi connectivity index (χ1n) is 7.67. The molecule has 1 aliphatic heterocycles. The number of aliphatic hydroxyl groups is 1. The van der Waals surface area contributed by atoms with E-state index in [1.54, 1.807) is 0 Å². The van der Waals surface area contributed by atoms with Crippen molar-refractivity contribution in [3.8, 4) is 11.5 Å². The molecule has 0 amide bonds. The quantitative estimate of drug-likeness (QED) is 0.898. The van der Waals surface area contributed by atoms with E-state index in [9.17, 15) is 5.11 Å². The van der Waals surface area contributed by atoms with Crippen molar-refractivity contribution in [1.82, 2.24) is 5.32 Å². The van der Waals surface area contributed by atoms with Gasteiger partial charge in [0.25, 0.3) is 0 Å². The monoisotopic (exact) mass is 311 g/mol. The zero-order chi connectivity index (χ0) is 14.7. The number of benzene rings is 1. The van der Waals surface area contributed by atoms with Gasteiger partial charge in [0.05, 0.1) is 10.6 Å². The highest BCUT2D eigenvalue weighted by molar-refractivity contribution is 6.32. The Hall–Kier alpha value is -0.970. The number of hydrogen-bond acceptors (Lipinski definition) is 4. The van der Waals surface area contributed by atoms with Crippen LogP contribution in [-0.4, -0.2) is 30.5 Å². The molecule has 1 aliphatic carbocycles. The van der Waals surface area contributed by atoms with E-state index in [2.05, 4.69) is 5.32 Å². The molecule has 116 valence electrons. The van der Waals surface area contributed by atoms with Crippen molar-refractivity contribution in [2.24, 2.45) is 0 Å². The minimum atomic E-state index is -0.546. The van der Waals surface area contributed by atoms with Gasteiger partial charge in [-0.1, -0.05) is 30.9 Å². The molecule has 5 heteroatoms. The van der Waals surface area contributed by atoms with Crippen LogP contribution in [0.4, 0.5) is 0 Å². The Morgan fingerprint density at radius 2 is 1.90 bits per heavy atom. The van der Waals surface area contributed by atoms with Gasteiger partial charge in [-0.3, -0.25) is 0 Å². The van der Waals surface area contributed by atoms with E-state index >= 15 is 0 Å². The second-order valence-electron chi connectivity index (χ2n) is 5.99. The lowest BCUT2D eigenvalue weighted by molar-refractivity contribution is 0.00467. The topological polar surface area (TPSA) is 50.7 Å². The second-order valence-corrected chi connectivity index (χ2v) is 6.40. The zero-order valence-corrected chi connectivity index (χ0v) is 12.9. The molecule has 0 saturated heterocycles. The van der Waals surface area contributed by atoms with Crippen molar-refractivity contribution in [2.75, 3.05) is 19.8 Å². The number of fused-ring (bicyclic) bond motifs is 1. The summed E-state index contributed by atoms with van der Waals surface area (Å²) in [6, 6.07) is 3.85. The van der Waals surface area contributed by atoms with Crippen LogP contribution < -0.4 is 14.8 Å². The summed E-state index contributed by atoms with van der Waals surface area (Å²) in [6.07, 6.45) is 5.26. The highest BCUT2D eigenvalue weighted by atomic mass is 35.5. The van der Waals surface area contributed by atoms with Crippen LogP contribution in [0.3, 0.4) is 0 Å². The highest BCUT2D eigenvalue weighted by Crippen LogP contribution is 2.38. The third kappa shape index (κ3) is 3.62. The fraction of sp³-hybridized carbons (Fsp3) is 0.625. The normalized spacial score (nSPS) is 20.3. The Kier molecular flexibility index (Phi) is 4.57. The van der Waals surface area contributed by atoms with Crippen LogP contribution >= 0.6 is 11.6 Å². The first kappa shape index (κ1) is 14.9. The molecule has 0 spiro atoms. The van der Waals surface area contributed by atoms with Gasteiger partial charge in [-0.05, 0) is 30.5 Å². The SMILES string of the molecule is OC1(CNCc2cc(Cl)c3c(c2)OCCO3)CCCCC1. The second kappa shape index (κ2) is 6.42. The molecule has 1 aromatic carbocycles. The smallest absolute Gasteiger partial charge is 0.179 e. The molecule has 0 radical (unpaired) electrons. The number of halogens is 1. The fourth-order valence-electron chi connectivity index (χ4n) is 3.09. The molecule has 4 nitrogen and oxygen atoms in total. The van der Waals surface area contributed by atoms with Crippen molar-refractivity contribution in [3.05, 3.63) is 22.7 Å². The molecular weight excluding hydrogens is 290 g/mol. The van der Waals surface area contributed by atoms with Gasteiger partial charge in [-0.2, -0.15) is 0 Å². The molecule has 0 unspecified atom stereocenters. The third-order valence-electron chi connectivity index (χ3n) is 4.22. The lowest BCUT2D eigenvalue weighted by Crippen LogP contribution is -2.41. The summed E-state index contributed by atoms with van der Waals surface area (Å²) in [6.45, 7) is 2.38. The molecule has 3 rings (SSSR count). The lowest BCUT2D eigenvalue weighted by atomic mass is 9.85. The van der Waals surface area contributed by atoms with Crippen LogP contribution in [0, 0.1) is 0 Å². The van der Waals surface area contributed by atoms with E-state index in [4.69, 9.17) is 21.1 Å². The average Bonchev–Trinajstić information content (AvgIpc) is 2.48. The molecule has 21 heavy (non-hydrogen) atoms. The van der Waals surface area contributed by atoms with Crippen molar-refractivity contribution in [3.63, 3.8) is 0 Å². The standard InChI is InChI=1S/C16H22ClNO3/c17-13-8-12(9-14-15(13)21-7-6-20-14)10-18-11-16(19)4-2-1-3-5-16/h8-9,18-19H,1-7,10-11H2. The van der Waals surface area contributed by atoms with Crippen LogP contribution in [0.5, 0.6) is 11.5 Å². The number of rotatable bonds is 4. The van der Waals surface area contributed by atoms with Crippen molar-refractivity contribution in [1.29, 1.82) is 0 Å². The average molecular weight is 312 g/mol. The van der Waals surface area contributed by atoms with Gasteiger partial charge in [-0.25, -0.2) is 0 Å². The molecule has 1 heterocycles. The van der Waals surface area contributed by atoms with Gasteiger partial charge >= 0.3 is 0 Å². The van der Waals surface area contributed by atoms with Crippen LogP contribution in [-0.2, 0) is 6.54 Å². The van der Waals surface area contributed by atoms with Gasteiger partial charge in [0.1, 0.15) is 13.2 Å². The molecule has 1 saturated carbocycles. The number of hydrogen-bond donors (Lipinski definition) is 2. The molecule has 2 N–H and O–H groups in total. The first-order valence-corrected chi connectivity index (χ1v) is 8.05. The van der Waals surface area contributed by atoms with E-state index in [0.29, 0.717) is 42.8 Å². The van der Waals surface area contributed by atoms with Crippen molar-refractivity contribution in [2.45, 2.75) is 44.2 Å². The summed E-state index contributed by atoms with van der Waals surface area (Å²) >= 11 is 6.22. The van der Waals surface area contributed by atoms with E-state index in [1.807, 2.05) is 12.1 Å². The highest BCUT2D eigenvalue weighted by Gasteiger charge is 2.28. The van der Waals surface area contributed by atoms with Crippen molar-refractivity contribution >= 4 is 11.6 Å². The third-order valence-corrected chi connectivity index (χ3v) is 4.50. The molecule has 1 aromatic rings. The molecule has 1 fully saturated rings. The molecule has 0 aromatic heterocycles. The summed E-state index contributed by atoms with van der Waals surface area (Å²) < 4.78 is 11.1. The maximum Gasteiger partial charge on any atom is 0.179 e. The van der Waals surface area contributed by atoms with E-state index in [-0.39, 0.29) is 0 Å². The van der Waals surface area contributed by atoms with Crippen LogP contribution in [0.25, 0.3) is 0 Å². The number of ether oxygens (including phenoxy) is 2. The molecular formula is C16H22ClNO3. The Morgan fingerprint density at radius 3 is 2.71 bits per heavy atom. The Bertz CT molecular complexity index is 501. The molecule has 0 bridgehead atoms. The van der Waals surface area contributed by atoms with E-state index < -0.39 is 5.60 Å².